The number of pyridine rings is 1. The lowest BCUT2D eigenvalue weighted by molar-refractivity contribution is -0.133. The molecule has 1 aromatic carbocycles. The van der Waals surface area contributed by atoms with Gasteiger partial charge in [-0.2, -0.15) is 0 Å². The molecule has 0 aliphatic heterocycles. The van der Waals surface area contributed by atoms with Gasteiger partial charge in [-0.3, -0.25) is 14.6 Å². The van der Waals surface area contributed by atoms with Gasteiger partial charge < -0.3 is 10.2 Å². The second kappa shape index (κ2) is 7.74. The van der Waals surface area contributed by atoms with Gasteiger partial charge in [0.1, 0.15) is 6.54 Å². The van der Waals surface area contributed by atoms with Crippen LogP contribution in [0.3, 0.4) is 0 Å². The predicted molar refractivity (Wildman–Crippen MR) is 90.1 cm³/mol. The summed E-state index contributed by atoms with van der Waals surface area (Å²) >= 11 is 5.94. The van der Waals surface area contributed by atoms with E-state index in [-0.39, 0.29) is 18.4 Å². The number of aromatic nitrogens is 1. The van der Waals surface area contributed by atoms with Gasteiger partial charge in [-0.25, -0.2) is 0 Å². The molecule has 0 saturated heterocycles. The minimum atomic E-state index is -0.269. The molecule has 0 bridgehead atoms. The van der Waals surface area contributed by atoms with Crippen LogP contribution in [0.25, 0.3) is 0 Å². The number of anilines is 1. The van der Waals surface area contributed by atoms with Gasteiger partial charge in [-0.1, -0.05) is 23.7 Å². The zero-order valence-corrected chi connectivity index (χ0v) is 13.8. The van der Waals surface area contributed by atoms with Gasteiger partial charge in [0.25, 0.3) is 0 Å². The smallest absolute Gasteiger partial charge is 0.244 e. The Balaban J connectivity index is 2.03. The van der Waals surface area contributed by atoms with Crippen LogP contribution in [0.5, 0.6) is 0 Å². The van der Waals surface area contributed by atoms with Crippen LogP contribution in [-0.2, 0) is 16.1 Å². The van der Waals surface area contributed by atoms with Gasteiger partial charge in [-0.15, -0.1) is 0 Å². The highest BCUT2D eigenvalue weighted by molar-refractivity contribution is 6.31. The van der Waals surface area contributed by atoms with Crippen LogP contribution in [0.1, 0.15) is 18.1 Å². The molecule has 0 spiro atoms. The standard InChI is InChI=1S/C17H18ClN3O2/c1-12-5-6-15(18)8-16(12)20-17(23)11-21(13(2)22)10-14-4-3-7-19-9-14/h3-9H,10-11H2,1-2H3,(H,20,23). The molecule has 0 atom stereocenters. The third-order valence-electron chi connectivity index (χ3n) is 3.35. The van der Waals surface area contributed by atoms with Crippen molar-refractivity contribution >= 4 is 29.1 Å². The summed E-state index contributed by atoms with van der Waals surface area (Å²) in [5.41, 5.74) is 2.42. The number of amides is 2. The Hall–Kier alpha value is -2.40. The molecule has 5 nitrogen and oxygen atoms in total. The molecule has 0 aliphatic carbocycles. The fraction of sp³-hybridized carbons (Fsp3) is 0.235. The van der Waals surface area contributed by atoms with Gasteiger partial charge in [0.05, 0.1) is 0 Å². The minimum Gasteiger partial charge on any atom is -0.329 e. The van der Waals surface area contributed by atoms with E-state index < -0.39 is 0 Å². The number of halogens is 1. The monoisotopic (exact) mass is 331 g/mol. The van der Waals surface area contributed by atoms with Crippen LogP contribution >= 0.6 is 11.6 Å². The molecule has 2 rings (SSSR count). The van der Waals surface area contributed by atoms with Crippen molar-refractivity contribution in [1.82, 2.24) is 9.88 Å². The lowest BCUT2D eigenvalue weighted by Gasteiger charge is -2.20. The van der Waals surface area contributed by atoms with Crippen molar-refractivity contribution in [2.45, 2.75) is 20.4 Å². The van der Waals surface area contributed by atoms with E-state index in [4.69, 9.17) is 11.6 Å². The SMILES string of the molecule is CC(=O)N(CC(=O)Nc1cc(Cl)ccc1C)Cc1cccnc1. The largest absolute Gasteiger partial charge is 0.329 e. The summed E-state index contributed by atoms with van der Waals surface area (Å²) in [6.07, 6.45) is 3.34. The van der Waals surface area contributed by atoms with E-state index in [0.717, 1.165) is 11.1 Å². The first kappa shape index (κ1) is 17.0. The molecular weight excluding hydrogens is 314 g/mol. The third-order valence-corrected chi connectivity index (χ3v) is 3.58. The molecule has 0 aliphatic rings. The number of hydrogen-bond donors (Lipinski definition) is 1. The number of hydrogen-bond acceptors (Lipinski definition) is 3. The van der Waals surface area contributed by atoms with Crippen LogP contribution in [0.2, 0.25) is 5.02 Å². The summed E-state index contributed by atoms with van der Waals surface area (Å²) in [4.78, 5) is 29.5. The number of carbonyl (C=O) groups excluding carboxylic acids is 2. The van der Waals surface area contributed by atoms with Crippen molar-refractivity contribution in [3.8, 4) is 0 Å². The molecule has 0 saturated carbocycles. The number of nitrogens with zero attached hydrogens (tertiary/aromatic N) is 2. The minimum absolute atomic E-state index is 0.0316. The first-order chi connectivity index (χ1) is 11.0. The highest BCUT2D eigenvalue weighted by atomic mass is 35.5. The molecule has 120 valence electrons. The molecule has 1 heterocycles. The Morgan fingerprint density at radius 2 is 2.09 bits per heavy atom. The Morgan fingerprint density at radius 1 is 1.30 bits per heavy atom. The Labute approximate surface area is 140 Å². The van der Waals surface area contributed by atoms with E-state index in [1.54, 1.807) is 30.6 Å². The summed E-state index contributed by atoms with van der Waals surface area (Å²) < 4.78 is 0. The first-order valence-corrected chi connectivity index (χ1v) is 7.54. The van der Waals surface area contributed by atoms with E-state index in [2.05, 4.69) is 10.3 Å². The van der Waals surface area contributed by atoms with Crippen LogP contribution in [0, 0.1) is 6.92 Å². The molecule has 1 aromatic heterocycles. The maximum Gasteiger partial charge on any atom is 0.244 e. The van der Waals surface area contributed by atoms with Crippen molar-refractivity contribution < 1.29 is 9.59 Å². The van der Waals surface area contributed by atoms with Gasteiger partial charge in [0.2, 0.25) is 11.8 Å². The van der Waals surface area contributed by atoms with Crippen LogP contribution in [0.4, 0.5) is 5.69 Å². The fourth-order valence-electron chi connectivity index (χ4n) is 2.08. The Kier molecular flexibility index (Phi) is 5.71. The van der Waals surface area contributed by atoms with Crippen molar-refractivity contribution in [2.24, 2.45) is 0 Å². The van der Waals surface area contributed by atoms with E-state index in [1.165, 1.54) is 11.8 Å². The molecule has 1 N–H and O–H groups in total. The average molecular weight is 332 g/mol. The van der Waals surface area contributed by atoms with E-state index in [0.29, 0.717) is 17.3 Å². The van der Waals surface area contributed by atoms with Gasteiger partial charge >= 0.3 is 0 Å². The first-order valence-electron chi connectivity index (χ1n) is 7.16. The molecule has 0 unspecified atom stereocenters. The number of rotatable bonds is 5. The zero-order chi connectivity index (χ0) is 16.8. The number of carbonyl (C=O) groups is 2. The summed E-state index contributed by atoms with van der Waals surface area (Å²) in [6.45, 7) is 3.62. The van der Waals surface area contributed by atoms with Gasteiger partial charge in [0.15, 0.2) is 0 Å². The van der Waals surface area contributed by atoms with Crippen LogP contribution in [0.15, 0.2) is 42.7 Å². The zero-order valence-electron chi connectivity index (χ0n) is 13.0. The molecule has 0 fully saturated rings. The maximum atomic E-state index is 12.2. The number of nitrogens with one attached hydrogen (secondary N) is 1. The van der Waals surface area contributed by atoms with Gasteiger partial charge in [-0.05, 0) is 36.2 Å². The second-order valence-electron chi connectivity index (χ2n) is 5.24. The lowest BCUT2D eigenvalue weighted by Crippen LogP contribution is -2.36. The average Bonchev–Trinajstić information content (AvgIpc) is 2.51. The molecule has 0 radical (unpaired) electrons. The normalized spacial score (nSPS) is 10.2. The lowest BCUT2D eigenvalue weighted by atomic mass is 10.2. The summed E-state index contributed by atoms with van der Waals surface area (Å²) in [5.74, 6) is -0.443. The second-order valence-corrected chi connectivity index (χ2v) is 5.68. The quantitative estimate of drug-likeness (QED) is 0.916. The molecule has 6 heteroatoms. The summed E-state index contributed by atoms with van der Waals surface area (Å²) in [5, 5.41) is 3.34. The molecule has 2 amide bonds. The number of aryl methyl sites for hydroxylation is 1. The fourth-order valence-corrected chi connectivity index (χ4v) is 2.25. The summed E-state index contributed by atoms with van der Waals surface area (Å²) in [7, 11) is 0. The maximum absolute atomic E-state index is 12.2. The highest BCUT2D eigenvalue weighted by Crippen LogP contribution is 2.20. The highest BCUT2D eigenvalue weighted by Gasteiger charge is 2.15. The Bertz CT molecular complexity index is 704. The van der Waals surface area contributed by atoms with E-state index in [1.807, 2.05) is 19.1 Å². The Morgan fingerprint density at radius 3 is 2.74 bits per heavy atom. The van der Waals surface area contributed by atoms with E-state index in [9.17, 15) is 9.59 Å². The third kappa shape index (κ3) is 5.07. The summed E-state index contributed by atoms with van der Waals surface area (Å²) in [6, 6.07) is 8.94. The predicted octanol–water partition coefficient (Wildman–Crippen LogP) is 3.03. The molecular formula is C17H18ClN3O2. The van der Waals surface area contributed by atoms with Gasteiger partial charge in [0, 0.05) is 36.6 Å². The number of benzene rings is 1. The molecule has 2 aromatic rings. The van der Waals surface area contributed by atoms with Crippen LogP contribution in [-0.4, -0.2) is 28.2 Å². The van der Waals surface area contributed by atoms with Crippen molar-refractivity contribution in [1.29, 1.82) is 0 Å². The van der Waals surface area contributed by atoms with Crippen molar-refractivity contribution in [2.75, 3.05) is 11.9 Å². The van der Waals surface area contributed by atoms with Crippen molar-refractivity contribution in [3.63, 3.8) is 0 Å². The van der Waals surface area contributed by atoms with Crippen LogP contribution < -0.4 is 5.32 Å². The topological polar surface area (TPSA) is 62.3 Å². The van der Waals surface area contributed by atoms with Crippen molar-refractivity contribution in [3.05, 3.63) is 58.9 Å². The van der Waals surface area contributed by atoms with E-state index >= 15 is 0 Å². The molecule has 23 heavy (non-hydrogen) atoms.